The van der Waals surface area contributed by atoms with E-state index in [-0.39, 0.29) is 0 Å². The quantitative estimate of drug-likeness (QED) is 0.643. The Bertz CT molecular complexity index is 903. The van der Waals surface area contributed by atoms with Crippen LogP contribution < -0.4 is 9.80 Å². The van der Waals surface area contributed by atoms with Crippen LogP contribution in [0.2, 0.25) is 0 Å². The first kappa shape index (κ1) is 22.6. The van der Waals surface area contributed by atoms with E-state index in [0.717, 1.165) is 89.1 Å². The van der Waals surface area contributed by atoms with Gasteiger partial charge in [-0.1, -0.05) is 0 Å². The summed E-state index contributed by atoms with van der Waals surface area (Å²) in [6.45, 7) is 9.36. The number of morpholine rings is 1. The predicted octanol–water partition coefficient (Wildman–Crippen LogP) is 2.76. The van der Waals surface area contributed by atoms with Crippen molar-refractivity contribution in [3.63, 3.8) is 0 Å². The van der Waals surface area contributed by atoms with Crippen molar-refractivity contribution in [2.24, 2.45) is 0 Å². The highest BCUT2D eigenvalue weighted by Crippen LogP contribution is 2.29. The molecule has 0 spiro atoms. The van der Waals surface area contributed by atoms with Gasteiger partial charge in [0.2, 0.25) is 0 Å². The maximum atomic E-state index is 5.46. The van der Waals surface area contributed by atoms with E-state index < -0.39 is 0 Å². The summed E-state index contributed by atoms with van der Waals surface area (Å²) in [6.07, 6.45) is 6.71. The van der Waals surface area contributed by atoms with Crippen LogP contribution >= 0.6 is 0 Å². The zero-order valence-corrected chi connectivity index (χ0v) is 20.2. The van der Waals surface area contributed by atoms with Gasteiger partial charge >= 0.3 is 0 Å². The van der Waals surface area contributed by atoms with Crippen molar-refractivity contribution in [3.8, 4) is 11.4 Å². The Morgan fingerprint density at radius 2 is 1.73 bits per heavy atom. The fraction of sp³-hybridized carbons (Fsp3) is 0.615. The van der Waals surface area contributed by atoms with Crippen LogP contribution in [0.3, 0.4) is 0 Å². The maximum Gasteiger partial charge on any atom is 0.161 e. The minimum atomic E-state index is 0.706. The van der Waals surface area contributed by atoms with E-state index in [2.05, 4.69) is 58.0 Å². The summed E-state index contributed by atoms with van der Waals surface area (Å²) in [5, 5.41) is 0. The smallest absolute Gasteiger partial charge is 0.161 e. The second-order valence-electron chi connectivity index (χ2n) is 9.82. The molecule has 1 aromatic heterocycles. The number of nitrogens with zero attached hydrogens (tertiary/aromatic N) is 6. The highest BCUT2D eigenvalue weighted by Gasteiger charge is 2.23. The van der Waals surface area contributed by atoms with Crippen LogP contribution in [-0.2, 0) is 11.2 Å². The molecule has 7 heteroatoms. The topological polar surface area (TPSA) is 48.0 Å². The number of aromatic nitrogens is 2. The van der Waals surface area contributed by atoms with Crippen molar-refractivity contribution in [2.45, 2.75) is 31.7 Å². The predicted molar refractivity (Wildman–Crippen MR) is 134 cm³/mol. The van der Waals surface area contributed by atoms with Crippen LogP contribution in [-0.4, -0.2) is 98.9 Å². The van der Waals surface area contributed by atoms with E-state index in [4.69, 9.17) is 14.7 Å². The summed E-state index contributed by atoms with van der Waals surface area (Å²) in [7, 11) is 4.38. The lowest BCUT2D eigenvalue weighted by molar-refractivity contribution is 0.0376. The summed E-state index contributed by atoms with van der Waals surface area (Å²) in [5.74, 6) is 1.98. The molecule has 7 nitrogen and oxygen atoms in total. The lowest BCUT2D eigenvalue weighted by Gasteiger charge is -2.36. The van der Waals surface area contributed by atoms with Gasteiger partial charge in [0.15, 0.2) is 5.82 Å². The van der Waals surface area contributed by atoms with Gasteiger partial charge in [0, 0.05) is 74.9 Å². The summed E-state index contributed by atoms with van der Waals surface area (Å²) in [4.78, 5) is 19.5. The highest BCUT2D eigenvalue weighted by atomic mass is 16.5. The fourth-order valence-corrected chi connectivity index (χ4v) is 5.34. The van der Waals surface area contributed by atoms with Crippen LogP contribution in [0.15, 0.2) is 30.5 Å². The molecule has 0 amide bonds. The molecule has 0 N–H and O–H groups in total. The first-order valence-electron chi connectivity index (χ1n) is 12.6. The Morgan fingerprint density at radius 1 is 0.970 bits per heavy atom. The third kappa shape index (κ3) is 5.31. The maximum absolute atomic E-state index is 5.46. The molecule has 0 radical (unpaired) electrons. The Kier molecular flexibility index (Phi) is 7.09. The third-order valence-electron chi connectivity index (χ3n) is 7.48. The third-order valence-corrected chi connectivity index (χ3v) is 7.48. The van der Waals surface area contributed by atoms with Crippen LogP contribution in [0.1, 0.15) is 24.8 Å². The van der Waals surface area contributed by atoms with Crippen LogP contribution in [0.25, 0.3) is 11.4 Å². The molecule has 2 saturated heterocycles. The summed E-state index contributed by atoms with van der Waals surface area (Å²) in [6, 6.07) is 9.56. The zero-order valence-electron chi connectivity index (χ0n) is 20.2. The molecule has 0 saturated carbocycles. The minimum absolute atomic E-state index is 0.706. The standard InChI is InChI=1S/C26H38N6O/c1-29(2)23-9-14-31(15-10-23)24-6-4-21(5-7-24)25-27-20-22-8-13-32(26(22)28-25)12-3-11-30-16-18-33-19-17-30/h4-7,20,23H,3,8-19H2,1-2H3. The molecule has 0 unspecified atom stereocenters. The van der Waals surface area contributed by atoms with Gasteiger partial charge in [-0.05, 0) is 64.0 Å². The van der Waals surface area contributed by atoms with Gasteiger partial charge in [-0.3, -0.25) is 4.90 Å². The molecular formula is C26H38N6O. The minimum Gasteiger partial charge on any atom is -0.379 e. The average Bonchev–Trinajstić information content (AvgIpc) is 3.27. The van der Waals surface area contributed by atoms with E-state index in [1.165, 1.54) is 24.1 Å². The summed E-state index contributed by atoms with van der Waals surface area (Å²) < 4.78 is 5.46. The lowest BCUT2D eigenvalue weighted by Crippen LogP contribution is -2.41. The van der Waals surface area contributed by atoms with Gasteiger partial charge in [-0.25, -0.2) is 9.97 Å². The molecule has 178 valence electrons. The number of piperidine rings is 1. The molecule has 0 bridgehead atoms. The second-order valence-corrected chi connectivity index (χ2v) is 9.82. The van der Waals surface area contributed by atoms with Crippen molar-refractivity contribution in [3.05, 3.63) is 36.0 Å². The number of ether oxygens (including phenoxy) is 1. The summed E-state index contributed by atoms with van der Waals surface area (Å²) >= 11 is 0. The van der Waals surface area contributed by atoms with Gasteiger partial charge in [-0.15, -0.1) is 0 Å². The van der Waals surface area contributed by atoms with Gasteiger partial charge in [-0.2, -0.15) is 0 Å². The number of fused-ring (bicyclic) bond motifs is 1. The average molecular weight is 451 g/mol. The van der Waals surface area contributed by atoms with Crippen molar-refractivity contribution < 1.29 is 4.74 Å². The number of anilines is 2. The SMILES string of the molecule is CN(C)C1CCN(c2ccc(-c3ncc4c(n3)N(CCCN3CCOCC3)CC4)cc2)CC1. The Balaban J connectivity index is 1.20. The molecule has 33 heavy (non-hydrogen) atoms. The monoisotopic (exact) mass is 450 g/mol. The van der Waals surface area contributed by atoms with Crippen molar-refractivity contribution in [1.82, 2.24) is 19.8 Å². The molecule has 0 aliphatic carbocycles. The van der Waals surface area contributed by atoms with E-state index in [1.54, 1.807) is 0 Å². The number of benzene rings is 1. The molecule has 4 heterocycles. The Hall–Kier alpha value is -2.22. The molecule has 3 aliphatic rings. The Morgan fingerprint density at radius 3 is 2.45 bits per heavy atom. The molecule has 2 aromatic rings. The van der Waals surface area contributed by atoms with Gasteiger partial charge in [0.05, 0.1) is 13.2 Å². The molecule has 2 fully saturated rings. The van der Waals surface area contributed by atoms with Gasteiger partial charge in [0.1, 0.15) is 5.82 Å². The zero-order chi connectivity index (χ0) is 22.6. The van der Waals surface area contributed by atoms with Crippen LogP contribution in [0, 0.1) is 0 Å². The van der Waals surface area contributed by atoms with Crippen molar-refractivity contribution in [1.29, 1.82) is 0 Å². The molecule has 5 rings (SSSR count). The van der Waals surface area contributed by atoms with E-state index in [0.29, 0.717) is 6.04 Å². The molecule has 3 aliphatic heterocycles. The van der Waals surface area contributed by atoms with Gasteiger partial charge < -0.3 is 19.4 Å². The number of hydrogen-bond donors (Lipinski definition) is 0. The van der Waals surface area contributed by atoms with Crippen LogP contribution in [0.4, 0.5) is 11.5 Å². The number of hydrogen-bond acceptors (Lipinski definition) is 7. The normalized spacial score (nSPS) is 20.0. The second kappa shape index (κ2) is 10.4. The highest BCUT2D eigenvalue weighted by molar-refractivity contribution is 5.63. The van der Waals surface area contributed by atoms with Crippen LogP contribution in [0.5, 0.6) is 0 Å². The molecule has 0 atom stereocenters. The van der Waals surface area contributed by atoms with E-state index >= 15 is 0 Å². The lowest BCUT2D eigenvalue weighted by atomic mass is 10.0. The fourth-order valence-electron chi connectivity index (χ4n) is 5.34. The van der Waals surface area contributed by atoms with E-state index in [9.17, 15) is 0 Å². The van der Waals surface area contributed by atoms with Crippen molar-refractivity contribution >= 4 is 11.5 Å². The summed E-state index contributed by atoms with van der Waals surface area (Å²) in [5.41, 5.74) is 3.69. The molecular weight excluding hydrogens is 412 g/mol. The Labute approximate surface area is 198 Å². The molecule has 1 aromatic carbocycles. The first-order valence-corrected chi connectivity index (χ1v) is 12.6. The van der Waals surface area contributed by atoms with Gasteiger partial charge in [0.25, 0.3) is 0 Å². The number of rotatable bonds is 7. The van der Waals surface area contributed by atoms with Crippen molar-refractivity contribution in [2.75, 3.05) is 82.9 Å². The first-order chi connectivity index (χ1) is 16.2. The van der Waals surface area contributed by atoms with E-state index in [1.807, 2.05) is 6.20 Å². The largest absolute Gasteiger partial charge is 0.379 e.